The first-order chi connectivity index (χ1) is 7.65. The van der Waals surface area contributed by atoms with E-state index in [4.69, 9.17) is 18.0 Å². The minimum Gasteiger partial charge on any atom is -0.334 e. The van der Waals surface area contributed by atoms with Crippen LogP contribution in [0.2, 0.25) is 5.02 Å². The van der Waals surface area contributed by atoms with E-state index in [-0.39, 0.29) is 5.78 Å². The molecule has 2 aromatic rings. The van der Waals surface area contributed by atoms with Gasteiger partial charge in [0.05, 0.1) is 17.1 Å². The summed E-state index contributed by atoms with van der Waals surface area (Å²) in [5, 5.41) is 1.47. The third kappa shape index (κ3) is 1.60. The highest BCUT2D eigenvalue weighted by atomic mass is 35.5. The standard InChI is InChI=1S/C13H10ClNO/c1-3-7-15-8-11(9(2)16)10-5-4-6-12(14)13(10)15/h1,4-6,8H,7H2,2H3. The maximum atomic E-state index is 11.5. The predicted molar refractivity (Wildman–Crippen MR) is 65.8 cm³/mol. The fourth-order valence-electron chi connectivity index (χ4n) is 1.82. The summed E-state index contributed by atoms with van der Waals surface area (Å²) >= 11 is 6.12. The molecule has 0 unspecified atom stereocenters. The molecule has 80 valence electrons. The van der Waals surface area contributed by atoms with Crippen molar-refractivity contribution in [3.05, 3.63) is 35.0 Å². The number of benzene rings is 1. The lowest BCUT2D eigenvalue weighted by atomic mass is 10.1. The Bertz CT molecular complexity index is 604. The number of carbonyl (C=O) groups is 1. The first-order valence-corrected chi connectivity index (χ1v) is 5.24. The second-order valence-electron chi connectivity index (χ2n) is 3.57. The average Bonchev–Trinajstić information content (AvgIpc) is 2.59. The van der Waals surface area contributed by atoms with Crippen LogP contribution in [-0.4, -0.2) is 10.4 Å². The van der Waals surface area contributed by atoms with Crippen molar-refractivity contribution in [2.45, 2.75) is 13.5 Å². The zero-order valence-corrected chi connectivity index (χ0v) is 9.58. The van der Waals surface area contributed by atoms with Crippen LogP contribution in [0.15, 0.2) is 24.4 Å². The average molecular weight is 232 g/mol. The second kappa shape index (κ2) is 4.03. The zero-order chi connectivity index (χ0) is 11.7. The molecule has 2 nitrogen and oxygen atoms in total. The molecule has 0 aliphatic heterocycles. The van der Waals surface area contributed by atoms with E-state index in [1.165, 1.54) is 6.92 Å². The molecule has 0 fully saturated rings. The minimum absolute atomic E-state index is 0.0167. The Kier molecular flexibility index (Phi) is 2.72. The highest BCUT2D eigenvalue weighted by molar-refractivity contribution is 6.35. The summed E-state index contributed by atoms with van der Waals surface area (Å²) in [4.78, 5) is 11.5. The van der Waals surface area contributed by atoms with Crippen LogP contribution in [0.5, 0.6) is 0 Å². The molecule has 2 rings (SSSR count). The van der Waals surface area contributed by atoms with Crippen LogP contribution in [0.3, 0.4) is 0 Å². The van der Waals surface area contributed by atoms with Crippen molar-refractivity contribution in [1.82, 2.24) is 4.57 Å². The number of hydrogen-bond donors (Lipinski definition) is 0. The molecular weight excluding hydrogens is 222 g/mol. The smallest absolute Gasteiger partial charge is 0.161 e. The summed E-state index contributed by atoms with van der Waals surface area (Å²) in [6.45, 7) is 1.95. The number of Topliss-reactive ketones (excluding diaryl/α,β-unsaturated/α-hetero) is 1. The van der Waals surface area contributed by atoms with Gasteiger partial charge in [-0.2, -0.15) is 0 Å². The summed E-state index contributed by atoms with van der Waals surface area (Å²) in [5.41, 5.74) is 1.49. The predicted octanol–water partition coefficient (Wildman–Crippen LogP) is 3.13. The number of carbonyl (C=O) groups excluding carboxylic acids is 1. The van der Waals surface area contributed by atoms with E-state index in [9.17, 15) is 4.79 Å². The lowest BCUT2D eigenvalue weighted by Crippen LogP contribution is -1.93. The molecule has 0 spiro atoms. The van der Waals surface area contributed by atoms with Crippen LogP contribution in [0.25, 0.3) is 10.9 Å². The van der Waals surface area contributed by atoms with Gasteiger partial charge in [0.2, 0.25) is 0 Å². The summed E-state index contributed by atoms with van der Waals surface area (Å²) in [6, 6.07) is 5.50. The molecule has 0 aliphatic rings. The van der Waals surface area contributed by atoms with Crippen LogP contribution in [0.4, 0.5) is 0 Å². The van der Waals surface area contributed by atoms with Gasteiger partial charge in [0, 0.05) is 17.1 Å². The van der Waals surface area contributed by atoms with Crippen molar-refractivity contribution >= 4 is 28.3 Å². The maximum absolute atomic E-state index is 11.5. The third-order valence-corrected chi connectivity index (χ3v) is 2.80. The number of fused-ring (bicyclic) bond motifs is 1. The Balaban J connectivity index is 2.83. The van der Waals surface area contributed by atoms with Crippen LogP contribution < -0.4 is 0 Å². The largest absolute Gasteiger partial charge is 0.334 e. The van der Waals surface area contributed by atoms with Gasteiger partial charge in [-0.1, -0.05) is 29.7 Å². The van der Waals surface area contributed by atoms with Crippen molar-refractivity contribution in [3.63, 3.8) is 0 Å². The summed E-state index contributed by atoms with van der Waals surface area (Å²) in [5.74, 6) is 2.57. The lowest BCUT2D eigenvalue weighted by Gasteiger charge is -2.00. The molecule has 0 radical (unpaired) electrons. The van der Waals surface area contributed by atoms with Crippen molar-refractivity contribution in [2.24, 2.45) is 0 Å². The highest BCUT2D eigenvalue weighted by Gasteiger charge is 2.13. The third-order valence-electron chi connectivity index (χ3n) is 2.49. The fraction of sp³-hybridized carbons (Fsp3) is 0.154. The molecule has 3 heteroatoms. The Morgan fingerprint density at radius 2 is 2.31 bits per heavy atom. The molecular formula is C13H10ClNO. The Morgan fingerprint density at radius 1 is 1.56 bits per heavy atom. The van der Waals surface area contributed by atoms with Crippen LogP contribution >= 0.6 is 11.6 Å². The second-order valence-corrected chi connectivity index (χ2v) is 3.97. The molecule has 0 saturated carbocycles. The summed E-state index contributed by atoms with van der Waals surface area (Å²) < 4.78 is 1.83. The van der Waals surface area contributed by atoms with Gasteiger partial charge in [-0.15, -0.1) is 6.42 Å². The molecule has 0 saturated heterocycles. The number of aromatic nitrogens is 1. The Morgan fingerprint density at radius 3 is 2.94 bits per heavy atom. The van der Waals surface area contributed by atoms with Crippen molar-refractivity contribution in [3.8, 4) is 12.3 Å². The van der Waals surface area contributed by atoms with Crippen molar-refractivity contribution in [2.75, 3.05) is 0 Å². The summed E-state index contributed by atoms with van der Waals surface area (Å²) in [6.07, 6.45) is 7.05. The van der Waals surface area contributed by atoms with E-state index in [1.54, 1.807) is 12.3 Å². The molecule has 0 N–H and O–H groups in total. The number of nitrogens with zero attached hydrogens (tertiary/aromatic N) is 1. The van der Waals surface area contributed by atoms with E-state index >= 15 is 0 Å². The van der Waals surface area contributed by atoms with Crippen molar-refractivity contribution < 1.29 is 4.79 Å². The van der Waals surface area contributed by atoms with E-state index < -0.39 is 0 Å². The monoisotopic (exact) mass is 231 g/mol. The van der Waals surface area contributed by atoms with E-state index in [0.717, 1.165) is 10.9 Å². The first-order valence-electron chi connectivity index (χ1n) is 4.87. The van der Waals surface area contributed by atoms with Gasteiger partial charge in [-0.05, 0) is 13.0 Å². The van der Waals surface area contributed by atoms with Gasteiger partial charge in [0.25, 0.3) is 0 Å². The van der Waals surface area contributed by atoms with Crippen LogP contribution in [-0.2, 0) is 6.54 Å². The Labute approximate surface area is 98.8 Å². The lowest BCUT2D eigenvalue weighted by molar-refractivity contribution is 0.101. The van der Waals surface area contributed by atoms with Crippen LogP contribution in [0, 0.1) is 12.3 Å². The number of para-hydroxylation sites is 1. The molecule has 16 heavy (non-hydrogen) atoms. The quantitative estimate of drug-likeness (QED) is 0.575. The number of halogens is 1. The normalized spacial score (nSPS) is 10.3. The van der Waals surface area contributed by atoms with Gasteiger partial charge in [0.15, 0.2) is 5.78 Å². The first kappa shape index (κ1) is 10.8. The van der Waals surface area contributed by atoms with E-state index in [2.05, 4.69) is 5.92 Å². The van der Waals surface area contributed by atoms with Gasteiger partial charge in [-0.3, -0.25) is 4.79 Å². The van der Waals surface area contributed by atoms with Crippen molar-refractivity contribution in [1.29, 1.82) is 0 Å². The van der Waals surface area contributed by atoms with E-state index in [1.807, 2.05) is 16.7 Å². The highest BCUT2D eigenvalue weighted by Crippen LogP contribution is 2.28. The van der Waals surface area contributed by atoms with Gasteiger partial charge < -0.3 is 4.57 Å². The molecule has 0 amide bonds. The number of rotatable bonds is 2. The topological polar surface area (TPSA) is 22.0 Å². The van der Waals surface area contributed by atoms with E-state index in [0.29, 0.717) is 17.1 Å². The van der Waals surface area contributed by atoms with Gasteiger partial charge in [0.1, 0.15) is 0 Å². The minimum atomic E-state index is 0.0167. The molecule has 1 heterocycles. The van der Waals surface area contributed by atoms with Gasteiger partial charge in [-0.25, -0.2) is 0 Å². The number of terminal acetylenes is 1. The summed E-state index contributed by atoms with van der Waals surface area (Å²) in [7, 11) is 0. The zero-order valence-electron chi connectivity index (χ0n) is 8.83. The fourth-order valence-corrected chi connectivity index (χ4v) is 2.10. The number of hydrogen-bond acceptors (Lipinski definition) is 1. The molecule has 0 atom stereocenters. The number of ketones is 1. The Hall–Kier alpha value is -1.72. The van der Waals surface area contributed by atoms with Gasteiger partial charge >= 0.3 is 0 Å². The molecule has 1 aromatic heterocycles. The maximum Gasteiger partial charge on any atom is 0.161 e. The molecule has 0 aliphatic carbocycles. The molecule has 0 bridgehead atoms. The molecule has 1 aromatic carbocycles. The van der Waals surface area contributed by atoms with Crippen LogP contribution in [0.1, 0.15) is 17.3 Å². The SMILES string of the molecule is C#CCn1cc(C(C)=O)c2cccc(Cl)c21.